The molecule has 0 aromatic heterocycles. The number of morpholine rings is 1. The molecule has 1 saturated carbocycles. The van der Waals surface area contributed by atoms with E-state index in [9.17, 15) is 4.79 Å². The second-order valence-corrected chi connectivity index (χ2v) is 5.42. The molecule has 0 spiro atoms. The van der Waals surface area contributed by atoms with Gasteiger partial charge in [-0.25, -0.2) is 0 Å². The zero-order valence-electron chi connectivity index (χ0n) is 11.5. The number of rotatable bonds is 3. The normalized spacial score (nSPS) is 26.3. The molecule has 2 atom stereocenters. The molecular formula is C16H21NO2. The van der Waals surface area contributed by atoms with Gasteiger partial charge in [0.05, 0.1) is 18.8 Å². The topological polar surface area (TPSA) is 29.5 Å². The van der Waals surface area contributed by atoms with Crippen LogP contribution in [-0.2, 0) is 4.74 Å². The average Bonchev–Trinajstić information content (AvgIpc) is 2.95. The number of hydrogen-bond acceptors (Lipinski definition) is 3. The van der Waals surface area contributed by atoms with E-state index in [1.54, 1.807) is 0 Å². The summed E-state index contributed by atoms with van der Waals surface area (Å²) in [6.07, 6.45) is 4.65. The number of ether oxygens (including phenoxy) is 1. The summed E-state index contributed by atoms with van der Waals surface area (Å²) < 4.78 is 5.84. The molecule has 0 radical (unpaired) electrons. The summed E-state index contributed by atoms with van der Waals surface area (Å²) in [4.78, 5) is 14.1. The van der Waals surface area contributed by atoms with Crippen molar-refractivity contribution < 1.29 is 9.53 Å². The van der Waals surface area contributed by atoms with Crippen LogP contribution in [0.15, 0.2) is 24.3 Å². The molecule has 3 nitrogen and oxygen atoms in total. The maximum absolute atomic E-state index is 11.6. The minimum Gasteiger partial charge on any atom is -0.374 e. The Morgan fingerprint density at radius 2 is 2.11 bits per heavy atom. The number of benzene rings is 1. The van der Waals surface area contributed by atoms with Crippen molar-refractivity contribution >= 4 is 11.5 Å². The monoisotopic (exact) mass is 259 g/mol. The van der Waals surface area contributed by atoms with Gasteiger partial charge in [0.1, 0.15) is 0 Å². The van der Waals surface area contributed by atoms with Gasteiger partial charge in [-0.1, -0.05) is 6.92 Å². The Labute approximate surface area is 114 Å². The van der Waals surface area contributed by atoms with E-state index in [-0.39, 0.29) is 5.78 Å². The van der Waals surface area contributed by atoms with Crippen LogP contribution in [0.25, 0.3) is 0 Å². The number of anilines is 1. The number of ketones is 1. The first-order chi connectivity index (χ1) is 9.29. The van der Waals surface area contributed by atoms with Gasteiger partial charge in [-0.3, -0.25) is 4.79 Å². The van der Waals surface area contributed by atoms with Crippen LogP contribution in [0.4, 0.5) is 5.69 Å². The molecule has 1 saturated heterocycles. The van der Waals surface area contributed by atoms with Crippen LogP contribution < -0.4 is 4.90 Å². The van der Waals surface area contributed by atoms with Crippen LogP contribution >= 0.6 is 0 Å². The first-order valence-corrected chi connectivity index (χ1v) is 7.31. The van der Waals surface area contributed by atoms with Crippen LogP contribution in [0.5, 0.6) is 0 Å². The zero-order valence-corrected chi connectivity index (χ0v) is 11.5. The molecule has 1 aliphatic carbocycles. The molecule has 102 valence electrons. The fourth-order valence-electron chi connectivity index (χ4n) is 3.29. The Kier molecular flexibility index (Phi) is 3.56. The Balaban J connectivity index is 1.79. The lowest BCUT2D eigenvalue weighted by atomic mass is 10.1. The smallest absolute Gasteiger partial charge is 0.162 e. The molecule has 1 heterocycles. The Morgan fingerprint density at radius 1 is 1.32 bits per heavy atom. The van der Waals surface area contributed by atoms with Crippen LogP contribution in [-0.4, -0.2) is 31.1 Å². The first-order valence-electron chi connectivity index (χ1n) is 7.31. The molecule has 19 heavy (non-hydrogen) atoms. The van der Waals surface area contributed by atoms with Crippen LogP contribution in [0.2, 0.25) is 0 Å². The van der Waals surface area contributed by atoms with E-state index in [2.05, 4.69) is 17.0 Å². The largest absolute Gasteiger partial charge is 0.374 e. The van der Waals surface area contributed by atoms with E-state index >= 15 is 0 Å². The van der Waals surface area contributed by atoms with Gasteiger partial charge >= 0.3 is 0 Å². The summed E-state index contributed by atoms with van der Waals surface area (Å²) in [6, 6.07) is 8.62. The van der Waals surface area contributed by atoms with E-state index in [1.165, 1.54) is 24.9 Å². The van der Waals surface area contributed by atoms with Gasteiger partial charge in [-0.05, 0) is 43.5 Å². The minimum atomic E-state index is 0.215. The number of hydrogen-bond donors (Lipinski definition) is 0. The third kappa shape index (κ3) is 2.39. The Hall–Kier alpha value is -1.35. The number of carbonyl (C=O) groups is 1. The quantitative estimate of drug-likeness (QED) is 0.781. The lowest BCUT2D eigenvalue weighted by molar-refractivity contribution is 0.0256. The Morgan fingerprint density at radius 3 is 2.84 bits per heavy atom. The lowest BCUT2D eigenvalue weighted by Gasteiger charge is -2.39. The highest BCUT2D eigenvalue weighted by Gasteiger charge is 2.36. The molecule has 3 rings (SSSR count). The third-order valence-corrected chi connectivity index (χ3v) is 4.32. The maximum atomic E-state index is 11.6. The summed E-state index contributed by atoms with van der Waals surface area (Å²) >= 11 is 0. The predicted molar refractivity (Wildman–Crippen MR) is 75.8 cm³/mol. The second-order valence-electron chi connectivity index (χ2n) is 5.42. The van der Waals surface area contributed by atoms with Crippen molar-refractivity contribution in [1.29, 1.82) is 0 Å². The molecule has 2 unspecified atom stereocenters. The van der Waals surface area contributed by atoms with Gasteiger partial charge < -0.3 is 9.64 Å². The van der Waals surface area contributed by atoms with Gasteiger partial charge in [0.2, 0.25) is 0 Å². The average molecular weight is 259 g/mol. The highest BCUT2D eigenvalue weighted by atomic mass is 16.5. The van der Waals surface area contributed by atoms with Crippen LogP contribution in [0.3, 0.4) is 0 Å². The summed E-state index contributed by atoms with van der Waals surface area (Å²) in [5.74, 6) is 0.215. The second kappa shape index (κ2) is 5.33. The molecule has 1 aromatic carbocycles. The van der Waals surface area contributed by atoms with Crippen molar-refractivity contribution in [3.05, 3.63) is 29.8 Å². The lowest BCUT2D eigenvalue weighted by Crippen LogP contribution is -2.48. The van der Waals surface area contributed by atoms with E-state index in [0.29, 0.717) is 18.6 Å². The van der Waals surface area contributed by atoms with Crippen molar-refractivity contribution in [2.45, 2.75) is 44.8 Å². The number of fused-ring (bicyclic) bond motifs is 1. The summed E-state index contributed by atoms with van der Waals surface area (Å²) in [6.45, 7) is 3.68. The van der Waals surface area contributed by atoms with Crippen molar-refractivity contribution in [2.24, 2.45) is 0 Å². The fourth-order valence-corrected chi connectivity index (χ4v) is 3.29. The van der Waals surface area contributed by atoms with Gasteiger partial charge in [-0.2, -0.15) is 0 Å². The summed E-state index contributed by atoms with van der Waals surface area (Å²) in [5.41, 5.74) is 2.05. The molecule has 0 amide bonds. The van der Waals surface area contributed by atoms with Gasteiger partial charge in [0.25, 0.3) is 0 Å². The maximum Gasteiger partial charge on any atom is 0.162 e. The molecule has 0 bridgehead atoms. The van der Waals surface area contributed by atoms with Crippen LogP contribution in [0, 0.1) is 0 Å². The van der Waals surface area contributed by atoms with E-state index in [4.69, 9.17) is 4.74 Å². The number of nitrogens with zero attached hydrogens (tertiary/aromatic N) is 1. The summed E-state index contributed by atoms with van der Waals surface area (Å²) in [5, 5.41) is 0. The van der Waals surface area contributed by atoms with Gasteiger partial charge in [0.15, 0.2) is 5.78 Å². The summed E-state index contributed by atoms with van der Waals surface area (Å²) in [7, 11) is 0. The predicted octanol–water partition coefficient (Wildman–Crippen LogP) is 3.04. The van der Waals surface area contributed by atoms with Crippen molar-refractivity contribution in [2.75, 3.05) is 18.1 Å². The molecule has 2 fully saturated rings. The van der Waals surface area contributed by atoms with E-state index < -0.39 is 0 Å². The molecule has 1 aromatic rings. The van der Waals surface area contributed by atoms with Gasteiger partial charge in [0, 0.05) is 24.2 Å². The van der Waals surface area contributed by atoms with Crippen molar-refractivity contribution in [1.82, 2.24) is 0 Å². The third-order valence-electron chi connectivity index (χ3n) is 4.32. The zero-order chi connectivity index (χ0) is 13.2. The highest BCUT2D eigenvalue weighted by Crippen LogP contribution is 2.33. The van der Waals surface area contributed by atoms with Crippen molar-refractivity contribution in [3.8, 4) is 0 Å². The molecular weight excluding hydrogens is 238 g/mol. The first kappa shape index (κ1) is 12.7. The Bertz CT molecular complexity index is 454. The van der Waals surface area contributed by atoms with E-state index in [0.717, 1.165) is 18.7 Å². The molecule has 0 N–H and O–H groups in total. The molecule has 1 aliphatic heterocycles. The number of carbonyl (C=O) groups excluding carboxylic acids is 1. The SMILES string of the molecule is CCC(=O)c1ccc(N2CCOC3CCCC32)cc1. The standard InChI is InChI=1S/C16H21NO2/c1-2-15(18)12-6-8-13(9-7-12)17-10-11-19-16-5-3-4-14(16)17/h6-9,14,16H,2-5,10-11H2,1H3. The molecule has 3 heteroatoms. The van der Waals surface area contributed by atoms with Gasteiger partial charge in [-0.15, -0.1) is 0 Å². The molecule has 2 aliphatic rings. The highest BCUT2D eigenvalue weighted by molar-refractivity contribution is 5.96. The van der Waals surface area contributed by atoms with E-state index in [1.807, 2.05) is 19.1 Å². The minimum absolute atomic E-state index is 0.215. The fraction of sp³-hybridized carbons (Fsp3) is 0.562. The number of Topliss-reactive ketones (excluding diaryl/α,β-unsaturated/α-hetero) is 1. The van der Waals surface area contributed by atoms with Crippen molar-refractivity contribution in [3.63, 3.8) is 0 Å². The van der Waals surface area contributed by atoms with Crippen LogP contribution in [0.1, 0.15) is 43.0 Å².